The summed E-state index contributed by atoms with van der Waals surface area (Å²) in [6.07, 6.45) is 1.87. The van der Waals surface area contributed by atoms with Gasteiger partial charge in [0.05, 0.1) is 13.2 Å². The number of benzene rings is 1. The molecule has 6 nitrogen and oxygen atoms in total. The van der Waals surface area contributed by atoms with E-state index in [4.69, 9.17) is 14.2 Å². The zero-order valence-corrected chi connectivity index (χ0v) is 16.8. The Balaban J connectivity index is 0.00000288. The number of hydrogen-bond donors (Lipinski definition) is 2. The van der Waals surface area contributed by atoms with Gasteiger partial charge in [0.2, 0.25) is 0 Å². The molecular formula is C17H28IN3O3. The van der Waals surface area contributed by atoms with Gasteiger partial charge in [0.25, 0.3) is 0 Å². The van der Waals surface area contributed by atoms with Gasteiger partial charge in [0.1, 0.15) is 0 Å². The summed E-state index contributed by atoms with van der Waals surface area (Å²) >= 11 is 0. The van der Waals surface area contributed by atoms with E-state index in [-0.39, 0.29) is 24.0 Å². The molecule has 24 heavy (non-hydrogen) atoms. The number of aliphatic imine (C=N–C) groups is 1. The Hall–Kier alpha value is -1.22. The van der Waals surface area contributed by atoms with Gasteiger partial charge in [-0.15, -0.1) is 24.0 Å². The van der Waals surface area contributed by atoms with Gasteiger partial charge in [-0.25, -0.2) is 0 Å². The average Bonchev–Trinajstić information content (AvgIpc) is 2.82. The van der Waals surface area contributed by atoms with Crippen LogP contribution in [0.4, 0.5) is 0 Å². The summed E-state index contributed by atoms with van der Waals surface area (Å²) in [7, 11) is 1.77. The van der Waals surface area contributed by atoms with E-state index >= 15 is 0 Å². The second-order valence-electron chi connectivity index (χ2n) is 5.23. The Labute approximate surface area is 161 Å². The van der Waals surface area contributed by atoms with Crippen molar-refractivity contribution in [3.63, 3.8) is 0 Å². The van der Waals surface area contributed by atoms with Gasteiger partial charge < -0.3 is 24.8 Å². The van der Waals surface area contributed by atoms with Crippen molar-refractivity contribution in [2.75, 3.05) is 40.0 Å². The molecule has 2 rings (SSSR count). The lowest BCUT2D eigenvalue weighted by Gasteiger charge is -2.13. The molecule has 7 heteroatoms. The number of guanidine groups is 1. The summed E-state index contributed by atoms with van der Waals surface area (Å²) in [5, 5.41) is 6.57. The van der Waals surface area contributed by atoms with Gasteiger partial charge in [-0.1, -0.05) is 6.07 Å². The molecule has 0 unspecified atom stereocenters. The van der Waals surface area contributed by atoms with Gasteiger partial charge in [-0.3, -0.25) is 4.99 Å². The molecule has 1 aliphatic rings. The van der Waals surface area contributed by atoms with Crippen LogP contribution in [0.2, 0.25) is 0 Å². The van der Waals surface area contributed by atoms with E-state index in [0.29, 0.717) is 19.8 Å². The fourth-order valence-electron chi connectivity index (χ4n) is 2.25. The molecule has 0 bridgehead atoms. The van der Waals surface area contributed by atoms with Crippen molar-refractivity contribution in [1.82, 2.24) is 10.6 Å². The van der Waals surface area contributed by atoms with Crippen molar-refractivity contribution in [3.8, 4) is 11.5 Å². The molecule has 1 aliphatic heterocycles. The minimum Gasteiger partial charge on any atom is -0.490 e. The van der Waals surface area contributed by atoms with Crippen molar-refractivity contribution in [1.29, 1.82) is 0 Å². The molecule has 0 amide bonds. The van der Waals surface area contributed by atoms with Crippen LogP contribution in [-0.4, -0.2) is 46.0 Å². The smallest absolute Gasteiger partial charge is 0.191 e. The van der Waals surface area contributed by atoms with Gasteiger partial charge >= 0.3 is 0 Å². The van der Waals surface area contributed by atoms with E-state index in [1.807, 2.05) is 25.1 Å². The lowest BCUT2D eigenvalue weighted by atomic mass is 10.2. The van der Waals surface area contributed by atoms with E-state index in [2.05, 4.69) is 15.6 Å². The number of ether oxygens (including phenoxy) is 3. The SMILES string of the molecule is CCOCCCNC(=NC)NCc1ccc2c(c1)OCCCO2.I. The van der Waals surface area contributed by atoms with E-state index in [1.165, 1.54) is 0 Å². The second kappa shape index (κ2) is 12.2. The lowest BCUT2D eigenvalue weighted by Crippen LogP contribution is -2.37. The number of nitrogens with zero attached hydrogens (tertiary/aromatic N) is 1. The minimum atomic E-state index is 0. The number of halogens is 1. The van der Waals surface area contributed by atoms with Crippen LogP contribution in [0.15, 0.2) is 23.2 Å². The summed E-state index contributed by atoms with van der Waals surface area (Å²) < 4.78 is 16.7. The highest BCUT2D eigenvalue weighted by Gasteiger charge is 2.10. The number of nitrogens with one attached hydrogen (secondary N) is 2. The fourth-order valence-corrected chi connectivity index (χ4v) is 2.25. The first-order chi connectivity index (χ1) is 11.3. The average molecular weight is 449 g/mol. The zero-order valence-electron chi connectivity index (χ0n) is 14.5. The van der Waals surface area contributed by atoms with E-state index < -0.39 is 0 Å². The predicted octanol–water partition coefficient (Wildman–Crippen LogP) is 2.56. The number of hydrogen-bond acceptors (Lipinski definition) is 4. The molecule has 0 radical (unpaired) electrons. The third-order valence-electron chi connectivity index (χ3n) is 3.46. The molecule has 0 fully saturated rings. The highest BCUT2D eigenvalue weighted by molar-refractivity contribution is 14.0. The normalized spacial score (nSPS) is 13.7. The van der Waals surface area contributed by atoms with E-state index in [0.717, 1.165) is 55.6 Å². The molecule has 1 aromatic carbocycles. The fraction of sp³-hybridized carbons (Fsp3) is 0.588. The van der Waals surface area contributed by atoms with Crippen molar-refractivity contribution in [3.05, 3.63) is 23.8 Å². The molecule has 0 spiro atoms. The van der Waals surface area contributed by atoms with Crippen molar-refractivity contribution >= 4 is 29.9 Å². The highest BCUT2D eigenvalue weighted by Crippen LogP contribution is 2.30. The van der Waals surface area contributed by atoms with Gasteiger partial charge in [-0.05, 0) is 31.0 Å². The first-order valence-corrected chi connectivity index (χ1v) is 8.24. The first-order valence-electron chi connectivity index (χ1n) is 8.24. The third kappa shape index (κ3) is 7.12. The van der Waals surface area contributed by atoms with E-state index in [9.17, 15) is 0 Å². The molecule has 1 aromatic rings. The van der Waals surface area contributed by atoms with Crippen LogP contribution < -0.4 is 20.1 Å². The molecular weight excluding hydrogens is 421 g/mol. The largest absolute Gasteiger partial charge is 0.490 e. The number of fused-ring (bicyclic) bond motifs is 1. The van der Waals surface area contributed by atoms with Crippen LogP contribution in [0.25, 0.3) is 0 Å². The third-order valence-corrected chi connectivity index (χ3v) is 3.46. The van der Waals surface area contributed by atoms with Crippen LogP contribution in [0.1, 0.15) is 25.3 Å². The van der Waals surface area contributed by atoms with Crippen LogP contribution in [0.3, 0.4) is 0 Å². The number of rotatable bonds is 7. The van der Waals surface area contributed by atoms with Gasteiger partial charge in [0, 0.05) is 39.8 Å². The molecule has 0 saturated heterocycles. The van der Waals surface area contributed by atoms with Gasteiger partial charge in [-0.2, -0.15) is 0 Å². The summed E-state index contributed by atoms with van der Waals surface area (Å²) in [4.78, 5) is 4.22. The monoisotopic (exact) mass is 449 g/mol. The maximum Gasteiger partial charge on any atom is 0.191 e. The molecule has 0 aromatic heterocycles. The standard InChI is InChI=1S/C17H27N3O3.HI/c1-3-21-9-4-8-19-17(18-2)20-13-14-6-7-15-16(12-14)23-11-5-10-22-15;/h6-7,12H,3-5,8-11,13H2,1-2H3,(H2,18,19,20);1H. The van der Waals surface area contributed by atoms with Crippen molar-refractivity contribution in [2.24, 2.45) is 4.99 Å². The van der Waals surface area contributed by atoms with Gasteiger partial charge in [0.15, 0.2) is 17.5 Å². The summed E-state index contributed by atoms with van der Waals surface area (Å²) in [6.45, 7) is 6.46. The molecule has 2 N–H and O–H groups in total. The Morgan fingerprint density at radius 2 is 2.00 bits per heavy atom. The highest BCUT2D eigenvalue weighted by atomic mass is 127. The quantitative estimate of drug-likeness (QED) is 0.290. The van der Waals surface area contributed by atoms with Crippen LogP contribution >= 0.6 is 24.0 Å². The first kappa shape index (κ1) is 20.8. The summed E-state index contributed by atoms with van der Waals surface area (Å²) in [5.41, 5.74) is 1.13. The topological polar surface area (TPSA) is 64.1 Å². The molecule has 1 heterocycles. The molecule has 0 aliphatic carbocycles. The summed E-state index contributed by atoms with van der Waals surface area (Å²) in [6, 6.07) is 6.04. The second-order valence-corrected chi connectivity index (χ2v) is 5.23. The van der Waals surface area contributed by atoms with Crippen molar-refractivity contribution < 1.29 is 14.2 Å². The van der Waals surface area contributed by atoms with Crippen LogP contribution in [0.5, 0.6) is 11.5 Å². The Bertz CT molecular complexity index is 512. The molecule has 136 valence electrons. The lowest BCUT2D eigenvalue weighted by molar-refractivity contribution is 0.145. The molecule has 0 atom stereocenters. The van der Waals surface area contributed by atoms with E-state index in [1.54, 1.807) is 7.05 Å². The summed E-state index contributed by atoms with van der Waals surface area (Å²) in [5.74, 6) is 2.43. The van der Waals surface area contributed by atoms with Crippen LogP contribution in [0, 0.1) is 0 Å². The zero-order chi connectivity index (χ0) is 16.3. The predicted molar refractivity (Wildman–Crippen MR) is 107 cm³/mol. The minimum absolute atomic E-state index is 0. The Morgan fingerprint density at radius 3 is 2.75 bits per heavy atom. The maximum atomic E-state index is 5.71. The Kier molecular flexibility index (Phi) is 10.6. The Morgan fingerprint density at radius 1 is 1.21 bits per heavy atom. The van der Waals surface area contributed by atoms with Crippen molar-refractivity contribution in [2.45, 2.75) is 26.3 Å². The van der Waals surface area contributed by atoms with Crippen LogP contribution in [-0.2, 0) is 11.3 Å². The maximum absolute atomic E-state index is 5.71. The molecule has 0 saturated carbocycles.